The number of aromatic nitrogens is 2. The molecule has 0 aliphatic rings. The molecule has 0 fully saturated rings. The molecular formula is C17H18N2O. The molecule has 0 saturated carbocycles. The van der Waals surface area contributed by atoms with Crippen LogP contribution in [-0.4, -0.2) is 9.97 Å². The van der Waals surface area contributed by atoms with Gasteiger partial charge >= 0.3 is 0 Å². The minimum atomic E-state index is 0.113. The topological polar surface area (TPSA) is 45.8 Å². The van der Waals surface area contributed by atoms with Crippen LogP contribution in [0.2, 0.25) is 0 Å². The maximum atomic E-state index is 12.8. The fourth-order valence-electron chi connectivity index (χ4n) is 3.00. The summed E-state index contributed by atoms with van der Waals surface area (Å²) in [7, 11) is 0. The minimum absolute atomic E-state index is 0.113. The number of hydrogen-bond donors (Lipinski definition) is 1. The second kappa shape index (κ2) is 4.44. The van der Waals surface area contributed by atoms with Crippen molar-refractivity contribution in [3.63, 3.8) is 0 Å². The van der Waals surface area contributed by atoms with Gasteiger partial charge in [-0.05, 0) is 25.8 Å². The highest BCUT2D eigenvalue weighted by atomic mass is 16.1. The van der Waals surface area contributed by atoms with E-state index in [2.05, 4.69) is 9.97 Å². The maximum absolute atomic E-state index is 12.8. The molecular weight excluding hydrogens is 248 g/mol. The predicted octanol–water partition coefficient (Wildman–Crippen LogP) is 3.82. The first kappa shape index (κ1) is 12.9. The van der Waals surface area contributed by atoms with Gasteiger partial charge in [-0.3, -0.25) is 9.78 Å². The first-order valence-corrected chi connectivity index (χ1v) is 6.92. The molecule has 0 aliphatic carbocycles. The van der Waals surface area contributed by atoms with Crippen LogP contribution >= 0.6 is 0 Å². The van der Waals surface area contributed by atoms with Crippen LogP contribution in [0.4, 0.5) is 0 Å². The summed E-state index contributed by atoms with van der Waals surface area (Å²) in [5.74, 6) is 0.203. The summed E-state index contributed by atoms with van der Waals surface area (Å²) >= 11 is 0. The number of pyridine rings is 2. The molecule has 3 nitrogen and oxygen atoms in total. The lowest BCUT2D eigenvalue weighted by Crippen LogP contribution is -2.16. The highest BCUT2D eigenvalue weighted by Crippen LogP contribution is 2.25. The molecule has 0 saturated heterocycles. The fourth-order valence-corrected chi connectivity index (χ4v) is 3.00. The second-order valence-electron chi connectivity index (χ2n) is 5.61. The zero-order chi connectivity index (χ0) is 14.4. The number of nitrogens with one attached hydrogen (secondary N) is 1. The van der Waals surface area contributed by atoms with Crippen molar-refractivity contribution < 1.29 is 0 Å². The monoisotopic (exact) mass is 266 g/mol. The van der Waals surface area contributed by atoms with Gasteiger partial charge in [0.1, 0.15) is 0 Å². The van der Waals surface area contributed by atoms with E-state index in [0.29, 0.717) is 0 Å². The van der Waals surface area contributed by atoms with E-state index < -0.39 is 0 Å². The zero-order valence-electron chi connectivity index (χ0n) is 12.2. The van der Waals surface area contributed by atoms with Crippen LogP contribution in [0.1, 0.15) is 36.7 Å². The van der Waals surface area contributed by atoms with Crippen molar-refractivity contribution in [2.24, 2.45) is 0 Å². The van der Waals surface area contributed by atoms with E-state index >= 15 is 0 Å². The molecule has 20 heavy (non-hydrogen) atoms. The fraction of sp³-hybridized carbons (Fsp3) is 0.294. The molecule has 102 valence electrons. The third kappa shape index (κ3) is 1.73. The quantitative estimate of drug-likeness (QED) is 0.681. The van der Waals surface area contributed by atoms with Crippen LogP contribution in [0.25, 0.3) is 21.8 Å². The summed E-state index contributed by atoms with van der Waals surface area (Å²) in [5, 5.41) is 1.72. The third-order valence-corrected chi connectivity index (χ3v) is 3.84. The smallest absolute Gasteiger partial charge is 0.194 e. The Hall–Kier alpha value is -2.16. The first-order valence-electron chi connectivity index (χ1n) is 6.92. The Morgan fingerprint density at radius 3 is 2.55 bits per heavy atom. The highest BCUT2D eigenvalue weighted by molar-refractivity contribution is 6.04. The largest absolute Gasteiger partial charge is 0.358 e. The molecule has 0 atom stereocenters. The standard InChI is InChI=1S/C17H18N2O/c1-9(2)14-10(3)19-16-12-7-5-6-8-13(12)18-11(4)15(16)17(14)20/h5-9H,1-4H3,(H,19,20). The van der Waals surface area contributed by atoms with Gasteiger partial charge in [-0.1, -0.05) is 32.0 Å². The number of H-pyrrole nitrogens is 1. The van der Waals surface area contributed by atoms with Gasteiger partial charge in [-0.2, -0.15) is 0 Å². The molecule has 2 heterocycles. The number of para-hydroxylation sites is 1. The lowest BCUT2D eigenvalue weighted by molar-refractivity contribution is 0.838. The van der Waals surface area contributed by atoms with Crippen molar-refractivity contribution in [1.29, 1.82) is 0 Å². The van der Waals surface area contributed by atoms with Gasteiger partial charge in [-0.15, -0.1) is 0 Å². The van der Waals surface area contributed by atoms with Crippen LogP contribution in [0.3, 0.4) is 0 Å². The van der Waals surface area contributed by atoms with E-state index in [1.54, 1.807) is 0 Å². The van der Waals surface area contributed by atoms with E-state index in [4.69, 9.17) is 0 Å². The summed E-state index contributed by atoms with van der Waals surface area (Å²) in [6.45, 7) is 7.98. The predicted molar refractivity (Wildman–Crippen MR) is 83.4 cm³/mol. The molecule has 3 aromatic rings. The van der Waals surface area contributed by atoms with Gasteiger partial charge in [-0.25, -0.2) is 0 Å². The Labute approximate surface area is 117 Å². The van der Waals surface area contributed by atoms with Crippen LogP contribution in [0.5, 0.6) is 0 Å². The van der Waals surface area contributed by atoms with E-state index in [9.17, 15) is 4.79 Å². The van der Waals surface area contributed by atoms with Crippen molar-refractivity contribution in [1.82, 2.24) is 9.97 Å². The minimum Gasteiger partial charge on any atom is -0.358 e. The highest BCUT2D eigenvalue weighted by Gasteiger charge is 2.16. The molecule has 3 heteroatoms. The van der Waals surface area contributed by atoms with Crippen molar-refractivity contribution in [3.05, 3.63) is 51.4 Å². The van der Waals surface area contributed by atoms with E-state index in [1.807, 2.05) is 52.0 Å². The lowest BCUT2D eigenvalue weighted by Gasteiger charge is -2.13. The maximum Gasteiger partial charge on any atom is 0.194 e. The summed E-state index contributed by atoms with van der Waals surface area (Å²) in [6.07, 6.45) is 0. The first-order chi connectivity index (χ1) is 9.50. The zero-order valence-corrected chi connectivity index (χ0v) is 12.2. The SMILES string of the molecule is Cc1[nH]c2c(c(C)nc3ccccc32)c(=O)c1C(C)C. The number of aryl methyl sites for hydroxylation is 2. The lowest BCUT2D eigenvalue weighted by atomic mass is 9.97. The molecule has 0 radical (unpaired) electrons. The van der Waals surface area contributed by atoms with E-state index in [0.717, 1.165) is 38.8 Å². The molecule has 2 aromatic heterocycles. The average molecular weight is 266 g/mol. The summed E-state index contributed by atoms with van der Waals surface area (Å²) in [5.41, 5.74) is 4.54. The normalized spacial score (nSPS) is 11.7. The Bertz CT molecular complexity index is 875. The Balaban J connectivity index is 2.61. The van der Waals surface area contributed by atoms with Crippen LogP contribution < -0.4 is 5.43 Å². The molecule has 0 spiro atoms. The van der Waals surface area contributed by atoms with E-state index in [-0.39, 0.29) is 11.3 Å². The Kier molecular flexibility index (Phi) is 2.85. The second-order valence-corrected chi connectivity index (χ2v) is 5.61. The van der Waals surface area contributed by atoms with Crippen LogP contribution in [0, 0.1) is 13.8 Å². The van der Waals surface area contributed by atoms with Gasteiger partial charge < -0.3 is 4.98 Å². The van der Waals surface area contributed by atoms with Crippen molar-refractivity contribution >= 4 is 21.8 Å². The van der Waals surface area contributed by atoms with Gasteiger partial charge in [0.25, 0.3) is 0 Å². The average Bonchev–Trinajstić information content (AvgIpc) is 2.37. The molecule has 0 bridgehead atoms. The van der Waals surface area contributed by atoms with Crippen LogP contribution in [-0.2, 0) is 0 Å². The van der Waals surface area contributed by atoms with Crippen molar-refractivity contribution in [3.8, 4) is 0 Å². The van der Waals surface area contributed by atoms with E-state index in [1.165, 1.54) is 0 Å². The van der Waals surface area contributed by atoms with Crippen molar-refractivity contribution in [2.75, 3.05) is 0 Å². The number of hydrogen-bond acceptors (Lipinski definition) is 2. The number of fused-ring (bicyclic) bond motifs is 3. The number of benzene rings is 1. The van der Waals surface area contributed by atoms with Gasteiger partial charge in [0, 0.05) is 16.6 Å². The molecule has 1 aromatic carbocycles. The van der Waals surface area contributed by atoms with Crippen molar-refractivity contribution in [2.45, 2.75) is 33.6 Å². The number of rotatable bonds is 1. The molecule has 0 unspecified atom stereocenters. The van der Waals surface area contributed by atoms with Crippen LogP contribution in [0.15, 0.2) is 29.1 Å². The molecule has 0 aliphatic heterocycles. The Morgan fingerprint density at radius 2 is 1.85 bits per heavy atom. The Morgan fingerprint density at radius 1 is 1.15 bits per heavy atom. The summed E-state index contributed by atoms with van der Waals surface area (Å²) < 4.78 is 0. The third-order valence-electron chi connectivity index (χ3n) is 3.84. The molecule has 1 N–H and O–H groups in total. The number of nitrogens with zero attached hydrogens (tertiary/aromatic N) is 1. The van der Waals surface area contributed by atoms with Gasteiger partial charge in [0.05, 0.1) is 22.1 Å². The van der Waals surface area contributed by atoms with Gasteiger partial charge in [0.15, 0.2) is 5.43 Å². The molecule has 3 rings (SSSR count). The summed E-state index contributed by atoms with van der Waals surface area (Å²) in [6, 6.07) is 7.93. The van der Waals surface area contributed by atoms with Gasteiger partial charge in [0.2, 0.25) is 0 Å². The molecule has 0 amide bonds. The number of aromatic amines is 1. The summed E-state index contributed by atoms with van der Waals surface area (Å²) in [4.78, 5) is 20.8.